The van der Waals surface area contributed by atoms with Crippen molar-refractivity contribution in [1.29, 1.82) is 0 Å². The molecule has 0 bridgehead atoms. The molecule has 2 aliphatic heterocycles. The minimum atomic E-state index is -3.13. The first-order chi connectivity index (χ1) is 12.5. The van der Waals surface area contributed by atoms with Gasteiger partial charge in [0.2, 0.25) is 10.0 Å². The van der Waals surface area contributed by atoms with Crippen LogP contribution in [0, 0.1) is 0 Å². The van der Waals surface area contributed by atoms with E-state index in [1.807, 2.05) is 18.2 Å². The molecule has 5 nitrogen and oxygen atoms in total. The van der Waals surface area contributed by atoms with Crippen molar-refractivity contribution in [3.8, 4) is 0 Å². The second kappa shape index (κ2) is 7.40. The summed E-state index contributed by atoms with van der Waals surface area (Å²) in [4.78, 5) is 2.41. The molecule has 0 aromatic heterocycles. The van der Waals surface area contributed by atoms with Crippen LogP contribution in [-0.2, 0) is 21.3 Å². The lowest BCUT2D eigenvalue weighted by Gasteiger charge is -2.46. The molecule has 26 heavy (non-hydrogen) atoms. The third-order valence-electron chi connectivity index (χ3n) is 5.91. The van der Waals surface area contributed by atoms with Crippen molar-refractivity contribution in [1.82, 2.24) is 9.62 Å². The van der Waals surface area contributed by atoms with Crippen molar-refractivity contribution in [2.75, 3.05) is 19.7 Å². The van der Waals surface area contributed by atoms with Gasteiger partial charge in [-0.3, -0.25) is 4.90 Å². The Hall–Kier alpha value is -0.660. The van der Waals surface area contributed by atoms with Gasteiger partial charge in [-0.1, -0.05) is 29.8 Å². The summed E-state index contributed by atoms with van der Waals surface area (Å²) in [5.41, 5.74) is 0.983. The number of sulfonamides is 1. The van der Waals surface area contributed by atoms with Crippen LogP contribution >= 0.6 is 11.6 Å². The zero-order valence-corrected chi connectivity index (χ0v) is 16.6. The Kier molecular flexibility index (Phi) is 5.32. The zero-order chi connectivity index (χ0) is 18.2. The molecule has 0 unspecified atom stereocenters. The van der Waals surface area contributed by atoms with Crippen LogP contribution in [0.2, 0.25) is 5.02 Å². The van der Waals surface area contributed by atoms with Crippen LogP contribution in [0.4, 0.5) is 0 Å². The summed E-state index contributed by atoms with van der Waals surface area (Å²) in [6.45, 7) is 3.40. The summed E-state index contributed by atoms with van der Waals surface area (Å²) in [7, 11) is -3.13. The van der Waals surface area contributed by atoms with Gasteiger partial charge in [-0.25, -0.2) is 13.1 Å². The Morgan fingerprint density at radius 3 is 2.62 bits per heavy atom. The maximum absolute atomic E-state index is 12.2. The van der Waals surface area contributed by atoms with Crippen LogP contribution in [-0.4, -0.2) is 49.9 Å². The number of halogens is 1. The lowest BCUT2D eigenvalue weighted by molar-refractivity contribution is -0.118. The number of likely N-dealkylation sites (tertiary alicyclic amines) is 1. The molecule has 4 rings (SSSR count). The molecule has 0 amide bonds. The van der Waals surface area contributed by atoms with E-state index in [0.29, 0.717) is 6.61 Å². The van der Waals surface area contributed by atoms with E-state index < -0.39 is 10.0 Å². The number of benzene rings is 1. The Bertz CT molecular complexity index is 743. The van der Waals surface area contributed by atoms with Crippen molar-refractivity contribution in [3.63, 3.8) is 0 Å². The van der Waals surface area contributed by atoms with Crippen LogP contribution in [0.15, 0.2) is 24.3 Å². The van der Waals surface area contributed by atoms with Gasteiger partial charge in [0.25, 0.3) is 0 Å². The molecule has 2 saturated heterocycles. The molecule has 1 N–H and O–H groups in total. The Morgan fingerprint density at radius 1 is 1.19 bits per heavy atom. The summed E-state index contributed by atoms with van der Waals surface area (Å²) in [5.74, 6) is 0. The summed E-state index contributed by atoms with van der Waals surface area (Å²) < 4.78 is 33.6. The maximum Gasteiger partial charge on any atom is 0.214 e. The normalized spacial score (nSPS) is 26.9. The third kappa shape index (κ3) is 4.25. The quantitative estimate of drug-likeness (QED) is 0.828. The van der Waals surface area contributed by atoms with Crippen LogP contribution in [0.5, 0.6) is 0 Å². The van der Waals surface area contributed by atoms with Gasteiger partial charge in [0.1, 0.15) is 0 Å². The van der Waals surface area contributed by atoms with Gasteiger partial charge in [0.15, 0.2) is 0 Å². The number of rotatable bonds is 5. The lowest BCUT2D eigenvalue weighted by Crippen LogP contribution is -2.53. The predicted octanol–water partition coefficient (Wildman–Crippen LogP) is 2.94. The van der Waals surface area contributed by atoms with Crippen molar-refractivity contribution >= 4 is 21.6 Å². The molecular formula is C19H27ClN2O3S. The molecule has 1 saturated carbocycles. The molecule has 1 aromatic rings. The Balaban J connectivity index is 1.33. The zero-order valence-electron chi connectivity index (χ0n) is 15.0. The molecule has 0 radical (unpaired) electrons. The Morgan fingerprint density at radius 2 is 1.92 bits per heavy atom. The number of nitrogens with one attached hydrogen (secondary N) is 1. The van der Waals surface area contributed by atoms with Crippen molar-refractivity contribution in [2.45, 2.75) is 62.0 Å². The van der Waals surface area contributed by atoms with E-state index in [4.69, 9.17) is 16.3 Å². The molecule has 1 atom stereocenters. The smallest absolute Gasteiger partial charge is 0.214 e. The highest BCUT2D eigenvalue weighted by atomic mass is 35.5. The summed E-state index contributed by atoms with van der Waals surface area (Å²) in [5, 5.41) is 0.662. The minimum absolute atomic E-state index is 0.0180. The number of nitrogens with zero attached hydrogens (tertiary/aromatic N) is 1. The number of ether oxygens (including phenoxy) is 1. The monoisotopic (exact) mass is 398 g/mol. The number of piperidine rings is 1. The van der Waals surface area contributed by atoms with E-state index >= 15 is 0 Å². The molecule has 3 fully saturated rings. The lowest BCUT2D eigenvalue weighted by atomic mass is 9.82. The highest BCUT2D eigenvalue weighted by Crippen LogP contribution is 2.37. The van der Waals surface area contributed by atoms with Gasteiger partial charge in [-0.05, 0) is 50.2 Å². The number of hydrogen-bond acceptors (Lipinski definition) is 4. The summed E-state index contributed by atoms with van der Waals surface area (Å²) in [6, 6.07) is 8.00. The molecular weight excluding hydrogens is 372 g/mol. The van der Waals surface area contributed by atoms with Crippen LogP contribution in [0.1, 0.15) is 44.1 Å². The van der Waals surface area contributed by atoms with Crippen LogP contribution < -0.4 is 4.72 Å². The molecule has 2 heterocycles. The fourth-order valence-corrected chi connectivity index (χ4v) is 5.98. The van der Waals surface area contributed by atoms with E-state index in [0.717, 1.165) is 68.7 Å². The van der Waals surface area contributed by atoms with Gasteiger partial charge in [-0.2, -0.15) is 0 Å². The molecule has 1 spiro atoms. The second-order valence-electron chi connectivity index (χ2n) is 7.95. The Labute approximate surface area is 161 Å². The van der Waals surface area contributed by atoms with Gasteiger partial charge >= 0.3 is 0 Å². The largest absolute Gasteiger partial charge is 0.375 e. The highest BCUT2D eigenvalue weighted by molar-refractivity contribution is 7.90. The second-order valence-corrected chi connectivity index (χ2v) is 10.4. The minimum Gasteiger partial charge on any atom is -0.375 e. The molecule has 144 valence electrons. The van der Waals surface area contributed by atoms with E-state index in [2.05, 4.69) is 15.7 Å². The molecule has 7 heteroatoms. The van der Waals surface area contributed by atoms with Crippen molar-refractivity contribution in [3.05, 3.63) is 34.9 Å². The summed E-state index contributed by atoms with van der Waals surface area (Å²) in [6.07, 6.45) is 5.07. The van der Waals surface area contributed by atoms with E-state index in [1.165, 1.54) is 0 Å². The fraction of sp³-hybridized carbons (Fsp3) is 0.684. The van der Waals surface area contributed by atoms with Gasteiger partial charge in [0.05, 0.1) is 10.9 Å². The van der Waals surface area contributed by atoms with E-state index in [9.17, 15) is 8.42 Å². The van der Waals surface area contributed by atoms with Gasteiger partial charge in [-0.15, -0.1) is 0 Å². The van der Waals surface area contributed by atoms with Crippen LogP contribution in [0.25, 0.3) is 0 Å². The van der Waals surface area contributed by atoms with E-state index in [1.54, 1.807) is 0 Å². The van der Waals surface area contributed by atoms with Gasteiger partial charge < -0.3 is 4.74 Å². The molecule has 3 aliphatic rings. The third-order valence-corrected chi connectivity index (χ3v) is 8.29. The summed E-state index contributed by atoms with van der Waals surface area (Å²) >= 11 is 6.28. The van der Waals surface area contributed by atoms with Crippen molar-refractivity contribution in [2.24, 2.45) is 0 Å². The SMILES string of the molecule is O=S(=O)(N[C@@H]1CCOC2(CCN(Cc3ccccc3Cl)CC2)C1)C1CC1. The van der Waals surface area contributed by atoms with E-state index in [-0.39, 0.29) is 16.9 Å². The first-order valence-electron chi connectivity index (χ1n) is 9.57. The topological polar surface area (TPSA) is 58.6 Å². The number of hydrogen-bond donors (Lipinski definition) is 1. The van der Waals surface area contributed by atoms with Crippen LogP contribution in [0.3, 0.4) is 0 Å². The standard InChI is InChI=1S/C19H27ClN2O3S/c20-18-4-2-1-3-15(18)14-22-10-8-19(9-11-22)13-16(7-12-25-19)21-26(23,24)17-5-6-17/h1-4,16-17,21H,5-14H2/t16-/m1/s1. The van der Waals surface area contributed by atoms with Gasteiger partial charge in [0, 0.05) is 37.3 Å². The van der Waals surface area contributed by atoms with Crippen molar-refractivity contribution < 1.29 is 13.2 Å². The molecule has 1 aromatic carbocycles. The fourth-order valence-electron chi connectivity index (χ4n) is 4.17. The molecule has 1 aliphatic carbocycles. The first kappa shape index (κ1) is 18.7. The maximum atomic E-state index is 12.2. The predicted molar refractivity (Wildman–Crippen MR) is 103 cm³/mol. The average molecular weight is 399 g/mol. The average Bonchev–Trinajstić information content (AvgIpc) is 3.45. The first-order valence-corrected chi connectivity index (χ1v) is 11.5. The highest BCUT2D eigenvalue weighted by Gasteiger charge is 2.43.